The first-order valence-corrected chi connectivity index (χ1v) is 8.11. The minimum atomic E-state index is -0.934. The molecule has 1 aliphatic rings. The van der Waals surface area contributed by atoms with Gasteiger partial charge in [-0.2, -0.15) is 0 Å². The molecule has 0 radical (unpaired) electrons. The third kappa shape index (κ3) is 4.05. The standard InChI is InChI=1S/C13H14BrClN2O7/c1-5(18)22-4-8-10(23-6(2)19)9(14)12(24-8)17-3-7(15)11(20)16-13(17)21/h3,8-10,12H,4H2,1-2H3,(H,16,20,21)/t8-,9-,10-,12-/m1/s1. The summed E-state index contributed by atoms with van der Waals surface area (Å²) in [5.41, 5.74) is -1.47. The van der Waals surface area contributed by atoms with Gasteiger partial charge in [0.15, 0.2) is 6.23 Å². The normalized spacial score (nSPS) is 26.2. The maximum Gasteiger partial charge on any atom is 0.330 e. The summed E-state index contributed by atoms with van der Waals surface area (Å²) in [6.45, 7) is 2.28. The second-order valence-electron chi connectivity index (χ2n) is 5.03. The van der Waals surface area contributed by atoms with Crippen molar-refractivity contribution in [3.05, 3.63) is 32.1 Å². The Hall–Kier alpha value is -1.65. The van der Waals surface area contributed by atoms with E-state index in [2.05, 4.69) is 20.9 Å². The lowest BCUT2D eigenvalue weighted by atomic mass is 10.2. The summed E-state index contributed by atoms with van der Waals surface area (Å²) in [6, 6.07) is 0. The molecule has 0 aliphatic carbocycles. The summed E-state index contributed by atoms with van der Waals surface area (Å²) < 4.78 is 16.8. The molecule has 24 heavy (non-hydrogen) atoms. The van der Waals surface area contributed by atoms with Gasteiger partial charge in [0.25, 0.3) is 5.56 Å². The smallest absolute Gasteiger partial charge is 0.330 e. The zero-order chi connectivity index (χ0) is 18.0. The maximum atomic E-state index is 12.0. The highest BCUT2D eigenvalue weighted by Gasteiger charge is 2.47. The van der Waals surface area contributed by atoms with E-state index in [4.69, 9.17) is 25.8 Å². The van der Waals surface area contributed by atoms with Gasteiger partial charge in [-0.25, -0.2) is 4.79 Å². The summed E-state index contributed by atoms with van der Waals surface area (Å²) in [7, 11) is 0. The Morgan fingerprint density at radius 1 is 1.38 bits per heavy atom. The van der Waals surface area contributed by atoms with Gasteiger partial charge in [0.2, 0.25) is 0 Å². The van der Waals surface area contributed by atoms with Crippen molar-refractivity contribution in [1.82, 2.24) is 9.55 Å². The van der Waals surface area contributed by atoms with Crippen LogP contribution in [0.4, 0.5) is 0 Å². The maximum absolute atomic E-state index is 12.0. The minimum absolute atomic E-state index is 0.169. The number of ether oxygens (including phenoxy) is 3. The fraction of sp³-hybridized carbons (Fsp3) is 0.538. The summed E-state index contributed by atoms with van der Waals surface area (Å²) in [5, 5.41) is -0.203. The zero-order valence-electron chi connectivity index (χ0n) is 12.7. The van der Waals surface area contributed by atoms with Gasteiger partial charge < -0.3 is 14.2 Å². The summed E-state index contributed by atoms with van der Waals surface area (Å²) in [4.78, 5) is 47.0. The van der Waals surface area contributed by atoms with Gasteiger partial charge >= 0.3 is 17.6 Å². The first kappa shape index (κ1) is 18.7. The number of nitrogens with one attached hydrogen (secondary N) is 1. The molecule has 132 valence electrons. The second-order valence-corrected chi connectivity index (χ2v) is 6.49. The molecule has 0 bridgehead atoms. The Morgan fingerprint density at radius 3 is 2.62 bits per heavy atom. The first-order chi connectivity index (χ1) is 11.2. The number of alkyl halides is 1. The van der Waals surface area contributed by atoms with Crippen LogP contribution in [0.5, 0.6) is 0 Å². The Morgan fingerprint density at radius 2 is 2.04 bits per heavy atom. The summed E-state index contributed by atoms with van der Waals surface area (Å²) in [6.07, 6.45) is -1.42. The molecule has 4 atom stereocenters. The van der Waals surface area contributed by atoms with Crippen molar-refractivity contribution in [3.63, 3.8) is 0 Å². The molecule has 0 unspecified atom stereocenters. The van der Waals surface area contributed by atoms with Crippen LogP contribution in [0.1, 0.15) is 20.1 Å². The average molecular weight is 426 g/mol. The van der Waals surface area contributed by atoms with Crippen LogP contribution in [0.15, 0.2) is 15.8 Å². The van der Waals surface area contributed by atoms with Crippen LogP contribution >= 0.6 is 27.5 Å². The summed E-state index contributed by atoms with van der Waals surface area (Å²) in [5.74, 6) is -1.09. The van der Waals surface area contributed by atoms with Crippen molar-refractivity contribution < 1.29 is 23.8 Å². The molecule has 1 N–H and O–H groups in total. The van der Waals surface area contributed by atoms with Crippen LogP contribution in [-0.2, 0) is 23.8 Å². The number of rotatable bonds is 4. The van der Waals surface area contributed by atoms with Crippen molar-refractivity contribution in [2.45, 2.75) is 37.1 Å². The number of esters is 2. The molecular formula is C13H14BrClN2O7. The topological polar surface area (TPSA) is 117 Å². The van der Waals surface area contributed by atoms with Crippen LogP contribution in [-0.4, -0.2) is 45.1 Å². The molecule has 11 heteroatoms. The third-order valence-electron chi connectivity index (χ3n) is 3.22. The monoisotopic (exact) mass is 424 g/mol. The fourth-order valence-corrected chi connectivity index (χ4v) is 3.21. The van der Waals surface area contributed by atoms with Crippen molar-refractivity contribution in [2.75, 3.05) is 6.61 Å². The number of carbonyl (C=O) groups is 2. The lowest BCUT2D eigenvalue weighted by Crippen LogP contribution is -2.37. The molecule has 1 aliphatic heterocycles. The third-order valence-corrected chi connectivity index (χ3v) is 4.46. The van der Waals surface area contributed by atoms with Crippen molar-refractivity contribution in [3.8, 4) is 0 Å². The van der Waals surface area contributed by atoms with E-state index < -0.39 is 46.5 Å². The number of hydrogen-bond acceptors (Lipinski definition) is 7. The predicted molar refractivity (Wildman–Crippen MR) is 85.1 cm³/mol. The predicted octanol–water partition coefficient (Wildman–Crippen LogP) is 0.346. The van der Waals surface area contributed by atoms with E-state index in [9.17, 15) is 19.2 Å². The molecule has 0 amide bonds. The Labute approximate surface area is 149 Å². The van der Waals surface area contributed by atoms with Crippen molar-refractivity contribution in [1.29, 1.82) is 0 Å². The van der Waals surface area contributed by atoms with Gasteiger partial charge in [0.1, 0.15) is 23.8 Å². The van der Waals surface area contributed by atoms with E-state index >= 15 is 0 Å². The second kappa shape index (κ2) is 7.49. The molecule has 2 rings (SSSR count). The Balaban J connectivity index is 2.33. The largest absolute Gasteiger partial charge is 0.463 e. The van der Waals surface area contributed by atoms with E-state index in [1.54, 1.807) is 0 Å². The van der Waals surface area contributed by atoms with Gasteiger partial charge in [-0.3, -0.25) is 23.9 Å². The summed E-state index contributed by atoms with van der Waals surface area (Å²) >= 11 is 9.07. The highest BCUT2D eigenvalue weighted by atomic mass is 79.9. The van der Waals surface area contributed by atoms with E-state index in [0.29, 0.717) is 0 Å². The van der Waals surface area contributed by atoms with Crippen LogP contribution in [0.25, 0.3) is 0 Å². The average Bonchev–Trinajstić information content (AvgIpc) is 2.77. The van der Waals surface area contributed by atoms with E-state index in [1.807, 2.05) is 0 Å². The van der Waals surface area contributed by atoms with E-state index in [-0.39, 0.29) is 11.6 Å². The van der Waals surface area contributed by atoms with Gasteiger partial charge in [-0.15, -0.1) is 0 Å². The molecule has 0 spiro atoms. The minimum Gasteiger partial charge on any atom is -0.463 e. The SMILES string of the molecule is CC(=O)OC[C@H]1O[C@@H](n2cc(Cl)c(=O)[nH]c2=O)[C@H](Br)[C@@H]1OC(C)=O. The Bertz CT molecular complexity index is 761. The quantitative estimate of drug-likeness (QED) is 0.546. The Kier molecular flexibility index (Phi) is 5.83. The fourth-order valence-electron chi connectivity index (χ4n) is 2.23. The van der Waals surface area contributed by atoms with E-state index in [1.165, 1.54) is 13.8 Å². The van der Waals surface area contributed by atoms with Gasteiger partial charge in [-0.05, 0) is 0 Å². The molecule has 9 nitrogen and oxygen atoms in total. The van der Waals surface area contributed by atoms with Crippen LogP contribution in [0, 0.1) is 0 Å². The van der Waals surface area contributed by atoms with Crippen LogP contribution in [0.3, 0.4) is 0 Å². The number of aromatic nitrogens is 2. The van der Waals surface area contributed by atoms with Crippen LogP contribution < -0.4 is 11.2 Å². The molecule has 1 aromatic heterocycles. The molecule has 0 saturated carbocycles. The number of aromatic amines is 1. The van der Waals surface area contributed by atoms with Crippen LogP contribution in [0.2, 0.25) is 5.02 Å². The highest BCUT2D eigenvalue weighted by Crippen LogP contribution is 2.36. The zero-order valence-corrected chi connectivity index (χ0v) is 15.0. The number of hydrogen-bond donors (Lipinski definition) is 1. The lowest BCUT2D eigenvalue weighted by molar-refractivity contribution is -0.155. The van der Waals surface area contributed by atoms with Crippen molar-refractivity contribution >= 4 is 39.5 Å². The highest BCUT2D eigenvalue weighted by molar-refractivity contribution is 9.09. The molecule has 1 fully saturated rings. The molecule has 1 aromatic rings. The number of nitrogens with zero attached hydrogens (tertiary/aromatic N) is 1. The first-order valence-electron chi connectivity index (χ1n) is 6.81. The van der Waals surface area contributed by atoms with Crippen molar-refractivity contribution in [2.24, 2.45) is 0 Å². The number of H-pyrrole nitrogens is 1. The molecule has 1 saturated heterocycles. The molecular weight excluding hydrogens is 412 g/mol. The van der Waals surface area contributed by atoms with Gasteiger partial charge in [-0.1, -0.05) is 27.5 Å². The van der Waals surface area contributed by atoms with Gasteiger partial charge in [0, 0.05) is 20.0 Å². The number of carbonyl (C=O) groups excluding carboxylic acids is 2. The molecule has 0 aromatic carbocycles. The van der Waals surface area contributed by atoms with Gasteiger partial charge in [0.05, 0.1) is 4.83 Å². The number of halogens is 2. The lowest BCUT2D eigenvalue weighted by Gasteiger charge is -2.19. The molecule has 2 heterocycles. The van der Waals surface area contributed by atoms with E-state index in [0.717, 1.165) is 10.8 Å².